The van der Waals surface area contributed by atoms with Crippen molar-refractivity contribution in [2.45, 2.75) is 41.7 Å². The maximum Gasteiger partial charge on any atom is 0.225 e. The van der Waals surface area contributed by atoms with E-state index in [0.29, 0.717) is 30.2 Å². The number of hydrogen-bond acceptors (Lipinski definition) is 6. The summed E-state index contributed by atoms with van der Waals surface area (Å²) < 4.78 is 30.8. The normalized spacial score (nSPS) is 16.2. The second-order valence-electron chi connectivity index (χ2n) is 6.91. The van der Waals surface area contributed by atoms with Gasteiger partial charge in [-0.25, -0.2) is 8.42 Å². The van der Waals surface area contributed by atoms with Crippen LogP contribution in [0.15, 0.2) is 52.3 Å². The lowest BCUT2D eigenvalue weighted by Crippen LogP contribution is -2.18. The molecule has 2 amide bonds. The number of rotatable bonds is 7. The van der Waals surface area contributed by atoms with Crippen molar-refractivity contribution in [3.8, 4) is 5.75 Å². The molecular formula is C21H24N2O5S2. The Morgan fingerprint density at radius 2 is 1.97 bits per heavy atom. The van der Waals surface area contributed by atoms with Crippen LogP contribution in [-0.4, -0.2) is 37.8 Å². The minimum atomic E-state index is -3.68. The Labute approximate surface area is 180 Å². The molecule has 2 aromatic carbocycles. The van der Waals surface area contributed by atoms with Crippen molar-refractivity contribution in [2.24, 2.45) is 0 Å². The Bertz CT molecular complexity index is 1040. The van der Waals surface area contributed by atoms with Gasteiger partial charge in [-0.05, 0) is 49.4 Å². The van der Waals surface area contributed by atoms with Crippen LogP contribution in [-0.2, 0) is 19.4 Å². The monoisotopic (exact) mass is 448 g/mol. The molecule has 0 aromatic heterocycles. The molecule has 9 heteroatoms. The fourth-order valence-corrected chi connectivity index (χ4v) is 5.31. The van der Waals surface area contributed by atoms with Crippen LogP contribution in [0.1, 0.15) is 26.7 Å². The average Bonchev–Trinajstić information content (AvgIpc) is 2.83. The zero-order valence-electron chi connectivity index (χ0n) is 16.8. The number of carbonyl (C=O) groups is 2. The van der Waals surface area contributed by atoms with Crippen LogP contribution in [0.25, 0.3) is 0 Å². The predicted molar refractivity (Wildman–Crippen MR) is 118 cm³/mol. The van der Waals surface area contributed by atoms with Gasteiger partial charge in [0, 0.05) is 28.7 Å². The summed E-state index contributed by atoms with van der Waals surface area (Å²) >= 11 is 1.53. The van der Waals surface area contributed by atoms with E-state index in [0.717, 1.165) is 4.90 Å². The van der Waals surface area contributed by atoms with Gasteiger partial charge in [0.1, 0.15) is 5.75 Å². The van der Waals surface area contributed by atoms with Gasteiger partial charge in [-0.1, -0.05) is 6.92 Å². The van der Waals surface area contributed by atoms with Gasteiger partial charge in [0.25, 0.3) is 0 Å². The van der Waals surface area contributed by atoms with Gasteiger partial charge in [0.05, 0.1) is 22.9 Å². The third kappa shape index (κ3) is 5.76. The van der Waals surface area contributed by atoms with Crippen LogP contribution in [0, 0.1) is 0 Å². The van der Waals surface area contributed by atoms with Crippen LogP contribution in [0.3, 0.4) is 0 Å². The van der Waals surface area contributed by atoms with Gasteiger partial charge in [0.2, 0.25) is 11.8 Å². The number of thioether (sulfide) groups is 1. The Kier molecular flexibility index (Phi) is 7.04. The first-order valence-corrected chi connectivity index (χ1v) is 12.2. The van der Waals surface area contributed by atoms with E-state index in [1.807, 2.05) is 13.8 Å². The summed E-state index contributed by atoms with van der Waals surface area (Å²) in [6, 6.07) is 11.6. The van der Waals surface area contributed by atoms with Crippen molar-refractivity contribution in [2.75, 3.05) is 23.0 Å². The maximum absolute atomic E-state index is 12.7. The first kappa shape index (κ1) is 22.2. The van der Waals surface area contributed by atoms with Crippen LogP contribution >= 0.6 is 11.8 Å². The number of anilines is 2. The molecule has 7 nitrogen and oxygen atoms in total. The van der Waals surface area contributed by atoms with E-state index in [-0.39, 0.29) is 28.2 Å². The highest BCUT2D eigenvalue weighted by atomic mass is 32.2. The number of nitrogens with one attached hydrogen (secondary N) is 2. The summed E-state index contributed by atoms with van der Waals surface area (Å²) in [5, 5.41) is 5.56. The van der Waals surface area contributed by atoms with Crippen molar-refractivity contribution in [1.29, 1.82) is 0 Å². The highest BCUT2D eigenvalue weighted by Gasteiger charge is 2.23. The molecule has 1 atom stereocenters. The first-order chi connectivity index (χ1) is 14.3. The summed E-state index contributed by atoms with van der Waals surface area (Å²) in [6.07, 6.45) is 0.192. The smallest absolute Gasteiger partial charge is 0.225 e. The Morgan fingerprint density at radius 3 is 2.67 bits per heavy atom. The van der Waals surface area contributed by atoms with Crippen molar-refractivity contribution in [3.05, 3.63) is 42.5 Å². The SMILES string of the molecule is CCOc1ccc(NC(=O)CCS(=O)(=O)c2ccc3c(c2)NC(=O)C[C@@H](C)S3)cc1. The minimum Gasteiger partial charge on any atom is -0.494 e. The molecule has 1 aliphatic heterocycles. The van der Waals surface area contributed by atoms with Gasteiger partial charge in [-0.15, -0.1) is 11.8 Å². The van der Waals surface area contributed by atoms with Crippen molar-refractivity contribution in [1.82, 2.24) is 0 Å². The molecule has 0 spiro atoms. The number of ether oxygens (including phenoxy) is 1. The van der Waals surface area contributed by atoms with E-state index in [1.54, 1.807) is 30.3 Å². The molecule has 30 heavy (non-hydrogen) atoms. The number of benzene rings is 2. The van der Waals surface area contributed by atoms with E-state index in [2.05, 4.69) is 10.6 Å². The largest absolute Gasteiger partial charge is 0.494 e. The number of fused-ring (bicyclic) bond motifs is 1. The van der Waals surface area contributed by atoms with Gasteiger partial charge < -0.3 is 15.4 Å². The van der Waals surface area contributed by atoms with Crippen LogP contribution in [0.4, 0.5) is 11.4 Å². The maximum atomic E-state index is 12.7. The second-order valence-corrected chi connectivity index (χ2v) is 10.5. The lowest BCUT2D eigenvalue weighted by atomic mass is 10.3. The first-order valence-electron chi connectivity index (χ1n) is 9.63. The summed E-state index contributed by atoms with van der Waals surface area (Å²) in [4.78, 5) is 25.0. The minimum absolute atomic E-state index is 0.0885. The van der Waals surface area contributed by atoms with E-state index < -0.39 is 15.7 Å². The van der Waals surface area contributed by atoms with Gasteiger partial charge >= 0.3 is 0 Å². The Hall–Kier alpha value is -2.52. The summed E-state index contributed by atoms with van der Waals surface area (Å²) in [6.45, 7) is 4.38. The quantitative estimate of drug-likeness (QED) is 0.670. The summed E-state index contributed by atoms with van der Waals surface area (Å²) in [5.74, 6) is -0.166. The second kappa shape index (κ2) is 9.53. The lowest BCUT2D eigenvalue weighted by Gasteiger charge is -2.11. The lowest BCUT2D eigenvalue weighted by molar-refractivity contribution is -0.116. The highest BCUT2D eigenvalue weighted by molar-refractivity contribution is 8.00. The zero-order chi connectivity index (χ0) is 21.7. The topological polar surface area (TPSA) is 102 Å². The van der Waals surface area contributed by atoms with Crippen molar-refractivity contribution in [3.63, 3.8) is 0 Å². The molecule has 2 N–H and O–H groups in total. The van der Waals surface area contributed by atoms with Crippen molar-refractivity contribution < 1.29 is 22.7 Å². The van der Waals surface area contributed by atoms with Crippen molar-refractivity contribution >= 4 is 44.8 Å². The number of sulfone groups is 1. The van der Waals surface area contributed by atoms with Gasteiger partial charge in [0.15, 0.2) is 9.84 Å². The van der Waals surface area contributed by atoms with E-state index in [9.17, 15) is 18.0 Å². The standard InChI is InChI=1S/C21H24N2O5S2/c1-3-28-16-6-4-15(5-7-16)22-20(24)10-11-30(26,27)17-8-9-19-18(13-17)23-21(25)12-14(2)29-19/h4-9,13-14H,3,10-12H2,1-2H3,(H,22,24)(H,23,25)/t14-/m1/s1. The highest BCUT2D eigenvalue weighted by Crippen LogP contribution is 2.36. The summed E-state index contributed by atoms with van der Waals surface area (Å²) in [7, 11) is -3.68. The summed E-state index contributed by atoms with van der Waals surface area (Å²) in [5.41, 5.74) is 1.06. The fourth-order valence-electron chi connectivity index (χ4n) is 2.99. The molecular weight excluding hydrogens is 424 g/mol. The molecule has 3 rings (SSSR count). The molecule has 0 bridgehead atoms. The number of carbonyl (C=O) groups excluding carboxylic acids is 2. The Morgan fingerprint density at radius 1 is 1.23 bits per heavy atom. The Balaban J connectivity index is 1.63. The zero-order valence-corrected chi connectivity index (χ0v) is 18.4. The molecule has 2 aromatic rings. The fraction of sp³-hybridized carbons (Fsp3) is 0.333. The predicted octanol–water partition coefficient (Wildman–Crippen LogP) is 3.71. The average molecular weight is 449 g/mol. The van der Waals surface area contributed by atoms with Crippen LogP contribution < -0.4 is 15.4 Å². The third-order valence-corrected chi connectivity index (χ3v) is 7.32. The van der Waals surface area contributed by atoms with Crippen LogP contribution in [0.2, 0.25) is 0 Å². The molecule has 0 unspecified atom stereocenters. The van der Waals surface area contributed by atoms with E-state index in [4.69, 9.17) is 4.74 Å². The molecule has 0 fully saturated rings. The number of amides is 2. The molecule has 1 heterocycles. The molecule has 0 saturated carbocycles. The molecule has 1 aliphatic rings. The molecule has 0 aliphatic carbocycles. The molecule has 0 saturated heterocycles. The number of hydrogen-bond donors (Lipinski definition) is 2. The van der Waals surface area contributed by atoms with Crippen LogP contribution in [0.5, 0.6) is 5.75 Å². The molecule has 160 valence electrons. The van der Waals surface area contributed by atoms with Gasteiger partial charge in [-0.2, -0.15) is 0 Å². The van der Waals surface area contributed by atoms with Gasteiger partial charge in [-0.3, -0.25) is 9.59 Å². The molecule has 0 radical (unpaired) electrons. The van der Waals surface area contributed by atoms with E-state index in [1.165, 1.54) is 23.9 Å². The van der Waals surface area contributed by atoms with E-state index >= 15 is 0 Å². The third-order valence-electron chi connectivity index (χ3n) is 4.43.